The molecule has 1 amide bonds. The maximum atomic E-state index is 11.8. The summed E-state index contributed by atoms with van der Waals surface area (Å²) in [4.78, 5) is 13.5. The van der Waals surface area contributed by atoms with Crippen molar-refractivity contribution in [3.63, 3.8) is 0 Å². The molecule has 0 heterocycles. The second kappa shape index (κ2) is 6.86. The Kier molecular flexibility index (Phi) is 5.43. The summed E-state index contributed by atoms with van der Waals surface area (Å²) >= 11 is 0. The third kappa shape index (κ3) is 4.04. The minimum atomic E-state index is 0.0519. The quantitative estimate of drug-likeness (QED) is 0.601. The lowest BCUT2D eigenvalue weighted by atomic mass is 10.1. The molecule has 0 bridgehead atoms. The molecule has 92 valence electrons. The lowest BCUT2D eigenvalue weighted by molar-refractivity contribution is -0.117. The van der Waals surface area contributed by atoms with Gasteiger partial charge in [-0.1, -0.05) is 25.1 Å². The van der Waals surface area contributed by atoms with E-state index in [0.29, 0.717) is 13.1 Å². The largest absolute Gasteiger partial charge is 0.314 e. The van der Waals surface area contributed by atoms with E-state index in [1.54, 1.807) is 18.0 Å². The minimum Gasteiger partial charge on any atom is -0.314 e. The molecule has 0 aromatic heterocycles. The summed E-state index contributed by atoms with van der Waals surface area (Å²) < 4.78 is 0. The lowest BCUT2D eigenvalue weighted by Gasteiger charge is -2.17. The van der Waals surface area contributed by atoms with Gasteiger partial charge in [-0.05, 0) is 24.1 Å². The SMILES string of the molecule is C=CCNCC(=O)N(C)c1ccc(CC)cc1. The minimum absolute atomic E-state index is 0.0519. The molecular weight excluding hydrogens is 212 g/mol. The normalized spacial score (nSPS) is 10.0. The molecule has 1 aromatic carbocycles. The first-order valence-corrected chi connectivity index (χ1v) is 5.86. The van der Waals surface area contributed by atoms with Crippen LogP contribution in [0.4, 0.5) is 5.69 Å². The van der Waals surface area contributed by atoms with Crippen molar-refractivity contribution in [2.24, 2.45) is 0 Å². The van der Waals surface area contributed by atoms with Crippen LogP contribution < -0.4 is 10.2 Å². The number of anilines is 1. The predicted octanol–water partition coefficient (Wildman–Crippen LogP) is 1.99. The molecule has 0 fully saturated rings. The maximum Gasteiger partial charge on any atom is 0.240 e. The van der Waals surface area contributed by atoms with Crippen LogP contribution in [0.3, 0.4) is 0 Å². The molecule has 0 aliphatic rings. The molecule has 0 aliphatic heterocycles. The van der Waals surface area contributed by atoms with Crippen LogP contribution in [0.5, 0.6) is 0 Å². The Bertz CT molecular complexity index is 370. The third-order valence-corrected chi connectivity index (χ3v) is 2.67. The fraction of sp³-hybridized carbons (Fsp3) is 0.357. The van der Waals surface area contributed by atoms with Crippen LogP contribution in [0.2, 0.25) is 0 Å². The molecule has 0 atom stereocenters. The molecule has 0 saturated carbocycles. The van der Waals surface area contributed by atoms with Crippen molar-refractivity contribution in [2.45, 2.75) is 13.3 Å². The Morgan fingerprint density at radius 2 is 2.06 bits per heavy atom. The molecule has 0 radical (unpaired) electrons. The van der Waals surface area contributed by atoms with Gasteiger partial charge in [0.05, 0.1) is 6.54 Å². The highest BCUT2D eigenvalue weighted by molar-refractivity contribution is 5.94. The van der Waals surface area contributed by atoms with Gasteiger partial charge < -0.3 is 10.2 Å². The first kappa shape index (κ1) is 13.5. The summed E-state index contributed by atoms with van der Waals surface area (Å²) in [5.74, 6) is 0.0519. The van der Waals surface area contributed by atoms with Crippen molar-refractivity contribution in [1.29, 1.82) is 0 Å². The summed E-state index contributed by atoms with van der Waals surface area (Å²) in [6.45, 7) is 6.68. The first-order chi connectivity index (χ1) is 8.19. The molecule has 0 saturated heterocycles. The topological polar surface area (TPSA) is 32.3 Å². The highest BCUT2D eigenvalue weighted by Gasteiger charge is 2.09. The van der Waals surface area contributed by atoms with Gasteiger partial charge in [0, 0.05) is 19.3 Å². The molecular formula is C14H20N2O. The Hall–Kier alpha value is -1.61. The van der Waals surface area contributed by atoms with Crippen LogP contribution >= 0.6 is 0 Å². The summed E-state index contributed by atoms with van der Waals surface area (Å²) in [5.41, 5.74) is 2.20. The van der Waals surface area contributed by atoms with Gasteiger partial charge in [0.2, 0.25) is 5.91 Å². The number of benzene rings is 1. The number of rotatable bonds is 6. The fourth-order valence-electron chi connectivity index (χ4n) is 1.50. The molecule has 0 spiro atoms. The zero-order chi connectivity index (χ0) is 12.7. The monoisotopic (exact) mass is 232 g/mol. The van der Waals surface area contributed by atoms with E-state index < -0.39 is 0 Å². The van der Waals surface area contributed by atoms with Gasteiger partial charge in [-0.25, -0.2) is 0 Å². The summed E-state index contributed by atoms with van der Waals surface area (Å²) in [6, 6.07) is 8.06. The Labute approximate surface area is 103 Å². The number of hydrogen-bond donors (Lipinski definition) is 1. The second-order valence-electron chi connectivity index (χ2n) is 3.89. The fourth-order valence-corrected chi connectivity index (χ4v) is 1.50. The van der Waals surface area contributed by atoms with Crippen molar-refractivity contribution in [3.8, 4) is 0 Å². The second-order valence-corrected chi connectivity index (χ2v) is 3.89. The van der Waals surface area contributed by atoms with E-state index in [0.717, 1.165) is 12.1 Å². The molecule has 0 unspecified atom stereocenters. The average molecular weight is 232 g/mol. The van der Waals surface area contributed by atoms with Gasteiger partial charge in [-0.2, -0.15) is 0 Å². The van der Waals surface area contributed by atoms with E-state index >= 15 is 0 Å². The molecule has 1 N–H and O–H groups in total. The zero-order valence-corrected chi connectivity index (χ0v) is 10.6. The number of carbonyl (C=O) groups excluding carboxylic acids is 1. The van der Waals surface area contributed by atoms with E-state index in [9.17, 15) is 4.79 Å². The molecule has 0 aliphatic carbocycles. The molecule has 1 aromatic rings. The van der Waals surface area contributed by atoms with Crippen LogP contribution in [-0.4, -0.2) is 26.0 Å². The highest BCUT2D eigenvalue weighted by atomic mass is 16.2. The van der Waals surface area contributed by atoms with Gasteiger partial charge in [-0.3, -0.25) is 4.79 Å². The molecule has 1 rings (SSSR count). The number of hydrogen-bond acceptors (Lipinski definition) is 2. The summed E-state index contributed by atoms with van der Waals surface area (Å²) in [5, 5.41) is 3.00. The first-order valence-electron chi connectivity index (χ1n) is 5.86. The Morgan fingerprint density at radius 1 is 1.41 bits per heavy atom. The van der Waals surface area contributed by atoms with E-state index in [2.05, 4.69) is 31.0 Å². The van der Waals surface area contributed by atoms with E-state index in [4.69, 9.17) is 0 Å². The van der Waals surface area contributed by atoms with Gasteiger partial charge in [0.15, 0.2) is 0 Å². The number of likely N-dealkylation sites (N-methyl/N-ethyl adjacent to an activating group) is 1. The number of nitrogens with zero attached hydrogens (tertiary/aromatic N) is 1. The lowest BCUT2D eigenvalue weighted by Crippen LogP contribution is -2.35. The predicted molar refractivity (Wildman–Crippen MR) is 72.3 cm³/mol. The van der Waals surface area contributed by atoms with Gasteiger partial charge in [-0.15, -0.1) is 6.58 Å². The van der Waals surface area contributed by atoms with Crippen molar-refractivity contribution < 1.29 is 4.79 Å². The highest BCUT2D eigenvalue weighted by Crippen LogP contribution is 2.14. The molecule has 17 heavy (non-hydrogen) atoms. The van der Waals surface area contributed by atoms with Crippen LogP contribution in [0.15, 0.2) is 36.9 Å². The summed E-state index contributed by atoms with van der Waals surface area (Å²) in [7, 11) is 1.79. The van der Waals surface area contributed by atoms with E-state index in [1.165, 1.54) is 5.56 Å². The van der Waals surface area contributed by atoms with Crippen molar-refractivity contribution in [2.75, 3.05) is 25.0 Å². The standard InChI is InChI=1S/C14H20N2O/c1-4-10-15-11-14(17)16(3)13-8-6-12(5-2)7-9-13/h4,6-9,15H,1,5,10-11H2,2-3H3. The van der Waals surface area contributed by atoms with Crippen LogP contribution in [0, 0.1) is 0 Å². The van der Waals surface area contributed by atoms with Crippen LogP contribution in [-0.2, 0) is 11.2 Å². The number of aryl methyl sites for hydroxylation is 1. The number of carbonyl (C=O) groups is 1. The van der Waals surface area contributed by atoms with Gasteiger partial charge in [0.25, 0.3) is 0 Å². The number of amides is 1. The van der Waals surface area contributed by atoms with Gasteiger partial charge in [0.1, 0.15) is 0 Å². The van der Waals surface area contributed by atoms with Crippen LogP contribution in [0.25, 0.3) is 0 Å². The molecule has 3 heteroatoms. The van der Waals surface area contributed by atoms with Gasteiger partial charge >= 0.3 is 0 Å². The summed E-state index contributed by atoms with van der Waals surface area (Å²) in [6.07, 6.45) is 2.75. The van der Waals surface area contributed by atoms with E-state index in [-0.39, 0.29) is 5.91 Å². The van der Waals surface area contributed by atoms with Crippen molar-refractivity contribution >= 4 is 11.6 Å². The smallest absolute Gasteiger partial charge is 0.240 e. The Morgan fingerprint density at radius 3 is 2.59 bits per heavy atom. The third-order valence-electron chi connectivity index (χ3n) is 2.67. The zero-order valence-electron chi connectivity index (χ0n) is 10.6. The number of nitrogens with one attached hydrogen (secondary N) is 1. The van der Waals surface area contributed by atoms with E-state index in [1.807, 2.05) is 12.1 Å². The molecule has 3 nitrogen and oxygen atoms in total. The Balaban J connectivity index is 2.58. The van der Waals surface area contributed by atoms with Crippen molar-refractivity contribution in [3.05, 3.63) is 42.5 Å². The maximum absolute atomic E-state index is 11.8. The van der Waals surface area contributed by atoms with Crippen LogP contribution in [0.1, 0.15) is 12.5 Å². The average Bonchev–Trinajstić information content (AvgIpc) is 2.38. The van der Waals surface area contributed by atoms with Crippen molar-refractivity contribution in [1.82, 2.24) is 5.32 Å².